The molecular weight excluding hydrogens is 923 g/mol. The molecule has 0 radical (unpaired) electrons. The van der Waals surface area contributed by atoms with Gasteiger partial charge in [-0.2, -0.15) is 16.4 Å². The molecule has 72 heavy (non-hydrogen) atoms. The van der Waals surface area contributed by atoms with Gasteiger partial charge >= 0.3 is 0 Å². The number of hydrogen-bond acceptors (Lipinski definition) is 18. The van der Waals surface area contributed by atoms with Crippen LogP contribution < -0.4 is 45.9 Å². The summed E-state index contributed by atoms with van der Waals surface area (Å²) in [4.78, 5) is 20.0. The zero-order chi connectivity index (χ0) is 52.7. The minimum atomic E-state index is 0.678. The average Bonchev–Trinajstić information content (AvgIpc) is 4.19. The van der Waals surface area contributed by atoms with Crippen molar-refractivity contribution >= 4 is 11.3 Å². The smallest absolute Gasteiger partial charge is 0.0637 e. The second-order valence-electron chi connectivity index (χ2n) is 18.2. The minimum Gasteiger partial charge on any atom is -0.379 e. The van der Waals surface area contributed by atoms with E-state index in [1.54, 1.807) is 28.4 Å². The van der Waals surface area contributed by atoms with Crippen LogP contribution in [0.1, 0.15) is 61.0 Å². The maximum atomic E-state index is 5.44. The molecule has 4 aromatic rings. The summed E-state index contributed by atoms with van der Waals surface area (Å²) in [6, 6.07) is 14.7. The predicted molar refractivity (Wildman–Crippen MR) is 305 cm³/mol. The van der Waals surface area contributed by atoms with Crippen LogP contribution in [0.5, 0.6) is 0 Å². The Kier molecular flexibility index (Phi) is 43.9. The molecule has 0 saturated carbocycles. The molecule has 1 unspecified atom stereocenters. The van der Waals surface area contributed by atoms with E-state index in [0.29, 0.717) is 19.6 Å². The van der Waals surface area contributed by atoms with Gasteiger partial charge in [-0.05, 0) is 164 Å². The Morgan fingerprint density at radius 3 is 1.65 bits per heavy atom. The molecular formula is C53H103N17OS. The molecule has 0 aromatic carbocycles. The third kappa shape index (κ3) is 36.6. The Morgan fingerprint density at radius 2 is 1.17 bits per heavy atom. The molecule has 0 aliphatic carbocycles. The number of pyridine rings is 2. The van der Waals surface area contributed by atoms with Gasteiger partial charge in [0, 0.05) is 135 Å². The highest BCUT2D eigenvalue weighted by Crippen LogP contribution is 2.16. The fraction of sp³-hybridized carbons (Fsp3) is 0.679. The topological polar surface area (TPSA) is 277 Å². The maximum absolute atomic E-state index is 5.44. The molecule has 8 rings (SSSR count). The first-order valence-electron chi connectivity index (χ1n) is 26.7. The number of thiophene rings is 1. The first-order valence-corrected chi connectivity index (χ1v) is 27.6. The Hall–Kier alpha value is -3.35. The number of nitrogens with zero attached hydrogens (tertiary/aromatic N) is 9. The summed E-state index contributed by atoms with van der Waals surface area (Å²) >= 11 is 1.72. The standard InChI is InChI=1S/C7H17N3.C7H16N2.2C7H10N2.C7H16N2.C6H11N3.C6H14N2O.C6H9NS/c1-9-4-6-10(3-2-8)7-5-9;1-9-6-2-3-7(9)4-5-8;8-4-3-7-2-1-5-9-6-7;8-5-4-7-3-1-2-6-9-7;8-4-7-9-5-2-1-3-6-9;1-9-5-3-6(8-9)2-4-7;7-1-2-8-3-5-9-6-4-8;7-3-1-6-2-4-8-5-6/h2-8H2,1H3;7H,2-6,8H2,1H3;1-2,5-6H,3-4,8H2;1-3,6H,4-5,8H2;1-8H2;3,5H,2,4,7H2,1H3;1-7H2;2,4-5H,1,3,7H2. The molecule has 18 nitrogen and oxygen atoms in total. The van der Waals surface area contributed by atoms with E-state index in [-0.39, 0.29) is 0 Å². The SMILES string of the molecule is CN1CCCC1CCN.CN1CCN(CCN)CC1.Cn1ccc(CCN)n1.NCCN1CCCCC1.NCCN1CCOCC1.NCCc1ccccn1.NCCc1cccnc1.NCCc1ccsc1. The predicted octanol–water partition coefficient (Wildman–Crippen LogP) is 1.67. The fourth-order valence-electron chi connectivity index (χ4n) is 7.92. The van der Waals surface area contributed by atoms with Crippen LogP contribution in [0.2, 0.25) is 0 Å². The summed E-state index contributed by atoms with van der Waals surface area (Å²) in [5, 5.41) is 8.34. The minimum absolute atomic E-state index is 0.678. The zero-order valence-electron chi connectivity index (χ0n) is 45.2. The van der Waals surface area contributed by atoms with Gasteiger partial charge in [0.25, 0.3) is 0 Å². The van der Waals surface area contributed by atoms with Crippen molar-refractivity contribution < 1.29 is 4.74 Å². The van der Waals surface area contributed by atoms with Gasteiger partial charge in [0.05, 0.1) is 18.9 Å². The molecule has 4 aliphatic heterocycles. The van der Waals surface area contributed by atoms with Gasteiger partial charge in [-0.3, -0.25) is 24.4 Å². The van der Waals surface area contributed by atoms with E-state index in [1.807, 2.05) is 55.8 Å². The second kappa shape index (κ2) is 47.4. The van der Waals surface area contributed by atoms with Crippen molar-refractivity contribution in [2.24, 2.45) is 52.9 Å². The summed E-state index contributed by atoms with van der Waals surface area (Å²) in [7, 11) is 6.26. The van der Waals surface area contributed by atoms with Gasteiger partial charge in [-0.15, -0.1) is 0 Å². The van der Waals surface area contributed by atoms with Crippen molar-refractivity contribution in [1.29, 1.82) is 0 Å². The Morgan fingerprint density at radius 1 is 0.556 bits per heavy atom. The number of aryl methyl sites for hydroxylation is 1. The number of rotatable bonds is 16. The largest absolute Gasteiger partial charge is 0.379 e. The number of piperazine rings is 1. The van der Waals surface area contributed by atoms with Crippen LogP contribution in [-0.4, -0.2) is 208 Å². The van der Waals surface area contributed by atoms with Gasteiger partial charge < -0.3 is 65.3 Å². The molecule has 19 heteroatoms. The number of nitrogens with two attached hydrogens (primary N) is 8. The number of likely N-dealkylation sites (N-methyl/N-ethyl adjacent to an activating group) is 1. The van der Waals surface area contributed by atoms with E-state index >= 15 is 0 Å². The van der Waals surface area contributed by atoms with Crippen molar-refractivity contribution in [2.75, 3.05) is 158 Å². The lowest BCUT2D eigenvalue weighted by Gasteiger charge is -2.31. The lowest BCUT2D eigenvalue weighted by molar-refractivity contribution is 0.0394. The molecule has 0 spiro atoms. The van der Waals surface area contributed by atoms with E-state index in [1.165, 1.54) is 95.5 Å². The lowest BCUT2D eigenvalue weighted by Crippen LogP contribution is -2.45. The number of aromatic nitrogens is 4. The van der Waals surface area contributed by atoms with Gasteiger partial charge in [0.2, 0.25) is 0 Å². The summed E-state index contributed by atoms with van der Waals surface area (Å²) in [6.45, 7) is 21.7. The van der Waals surface area contributed by atoms with Crippen LogP contribution in [-0.2, 0) is 37.5 Å². The normalized spacial score (nSPS) is 17.2. The van der Waals surface area contributed by atoms with Gasteiger partial charge in [-0.1, -0.05) is 18.6 Å². The summed E-state index contributed by atoms with van der Waals surface area (Å²) in [5.74, 6) is 0. The van der Waals surface area contributed by atoms with Gasteiger partial charge in [0.15, 0.2) is 0 Å². The van der Waals surface area contributed by atoms with Crippen LogP contribution in [0, 0.1) is 0 Å². The molecule has 0 amide bonds. The van der Waals surface area contributed by atoms with Crippen molar-refractivity contribution in [2.45, 2.75) is 70.3 Å². The van der Waals surface area contributed by atoms with Crippen LogP contribution in [0.15, 0.2) is 78.0 Å². The highest BCUT2D eigenvalue weighted by molar-refractivity contribution is 7.07. The lowest BCUT2D eigenvalue weighted by atomic mass is 10.1. The molecule has 412 valence electrons. The van der Waals surface area contributed by atoms with Crippen molar-refractivity contribution in [3.05, 3.63) is 101 Å². The van der Waals surface area contributed by atoms with Crippen LogP contribution in [0.25, 0.3) is 0 Å². The first-order chi connectivity index (χ1) is 35.2. The Labute approximate surface area is 440 Å². The number of morpholine rings is 1. The molecule has 16 N–H and O–H groups in total. The Bertz CT molecular complexity index is 1610. The summed E-state index contributed by atoms with van der Waals surface area (Å²) < 4.78 is 6.95. The van der Waals surface area contributed by atoms with E-state index < -0.39 is 0 Å². The average molecular weight is 1030 g/mol. The number of hydrogen-bond donors (Lipinski definition) is 8. The van der Waals surface area contributed by atoms with Crippen LogP contribution >= 0.6 is 11.3 Å². The van der Waals surface area contributed by atoms with E-state index in [9.17, 15) is 0 Å². The van der Waals surface area contributed by atoms with Gasteiger partial charge in [-0.25, -0.2) is 0 Å². The molecule has 1 atom stereocenters. The van der Waals surface area contributed by atoms with E-state index in [4.69, 9.17) is 50.6 Å². The highest BCUT2D eigenvalue weighted by atomic mass is 32.1. The monoisotopic (exact) mass is 1030 g/mol. The number of piperidine rings is 1. The van der Waals surface area contributed by atoms with Crippen molar-refractivity contribution in [3.63, 3.8) is 0 Å². The summed E-state index contributed by atoms with van der Waals surface area (Å²) in [6.07, 6.45) is 19.1. The molecule has 4 aromatic heterocycles. The molecule has 0 bridgehead atoms. The highest BCUT2D eigenvalue weighted by Gasteiger charge is 2.19. The molecule has 4 fully saturated rings. The Balaban J connectivity index is 0.000000412. The maximum Gasteiger partial charge on any atom is 0.0637 e. The number of likely N-dealkylation sites (tertiary alicyclic amines) is 2. The molecule has 4 saturated heterocycles. The number of ether oxygens (including phenoxy) is 1. The fourth-order valence-corrected chi connectivity index (χ4v) is 8.62. The second-order valence-corrected chi connectivity index (χ2v) is 19.0. The molecule has 4 aliphatic rings. The van der Waals surface area contributed by atoms with Crippen LogP contribution in [0.4, 0.5) is 0 Å². The van der Waals surface area contributed by atoms with E-state index in [0.717, 1.165) is 122 Å². The molecule has 8 heterocycles. The quantitative estimate of drug-likeness (QED) is 0.0793. The third-order valence-corrected chi connectivity index (χ3v) is 12.9. The first kappa shape index (κ1) is 66.7. The van der Waals surface area contributed by atoms with Crippen molar-refractivity contribution in [3.8, 4) is 0 Å². The van der Waals surface area contributed by atoms with Crippen molar-refractivity contribution in [1.82, 2.24) is 44.2 Å². The van der Waals surface area contributed by atoms with E-state index in [2.05, 4.69) is 70.5 Å². The van der Waals surface area contributed by atoms with Gasteiger partial charge in [0.1, 0.15) is 0 Å². The zero-order valence-corrected chi connectivity index (χ0v) is 46.0. The summed E-state index contributed by atoms with van der Waals surface area (Å²) in [5.41, 5.74) is 47.7. The third-order valence-electron chi connectivity index (χ3n) is 12.1. The van der Waals surface area contributed by atoms with Crippen LogP contribution in [0.3, 0.4) is 0 Å².